The van der Waals surface area contributed by atoms with E-state index in [2.05, 4.69) is 5.32 Å². The van der Waals surface area contributed by atoms with Gasteiger partial charge >= 0.3 is 6.18 Å². The maximum atomic E-state index is 12.4. The molecule has 0 spiro atoms. The zero-order valence-electron chi connectivity index (χ0n) is 11.6. The minimum atomic E-state index is -4.30. The van der Waals surface area contributed by atoms with E-state index in [-0.39, 0.29) is 0 Å². The van der Waals surface area contributed by atoms with Crippen LogP contribution in [0.5, 0.6) is 5.75 Å². The van der Waals surface area contributed by atoms with Crippen molar-refractivity contribution in [2.75, 3.05) is 11.9 Å². The van der Waals surface area contributed by atoms with E-state index >= 15 is 0 Å². The van der Waals surface area contributed by atoms with Gasteiger partial charge in [0.25, 0.3) is 0 Å². The number of anilines is 1. The van der Waals surface area contributed by atoms with Crippen LogP contribution < -0.4 is 10.1 Å². The third-order valence-corrected chi connectivity index (χ3v) is 2.94. The summed E-state index contributed by atoms with van der Waals surface area (Å²) in [7, 11) is 0. The molecule has 0 aromatic heterocycles. The van der Waals surface area contributed by atoms with Gasteiger partial charge in [-0.05, 0) is 48.9 Å². The number of halogens is 3. The van der Waals surface area contributed by atoms with Crippen LogP contribution in [0, 0.1) is 0 Å². The van der Waals surface area contributed by atoms with E-state index in [1.807, 2.05) is 31.2 Å². The van der Waals surface area contributed by atoms with Gasteiger partial charge in [0.1, 0.15) is 5.75 Å². The van der Waals surface area contributed by atoms with E-state index < -0.39 is 11.7 Å². The molecule has 0 aliphatic carbocycles. The van der Waals surface area contributed by atoms with Crippen molar-refractivity contribution >= 4 is 5.69 Å². The van der Waals surface area contributed by atoms with Gasteiger partial charge in [0, 0.05) is 12.2 Å². The minimum absolute atomic E-state index is 0.539. The van der Waals surface area contributed by atoms with Gasteiger partial charge < -0.3 is 10.1 Å². The average molecular weight is 295 g/mol. The number of hydrogen-bond donors (Lipinski definition) is 1. The highest BCUT2D eigenvalue weighted by Crippen LogP contribution is 2.29. The summed E-state index contributed by atoms with van der Waals surface area (Å²) in [6.45, 7) is 3.07. The molecule has 5 heteroatoms. The van der Waals surface area contributed by atoms with Crippen molar-refractivity contribution < 1.29 is 17.9 Å². The van der Waals surface area contributed by atoms with Crippen LogP contribution in [0.25, 0.3) is 0 Å². The van der Waals surface area contributed by atoms with Crippen molar-refractivity contribution in [3.8, 4) is 5.75 Å². The largest absolute Gasteiger partial charge is 0.494 e. The highest BCUT2D eigenvalue weighted by atomic mass is 19.4. The Labute approximate surface area is 121 Å². The number of nitrogens with one attached hydrogen (secondary N) is 1. The molecule has 2 aromatic carbocycles. The van der Waals surface area contributed by atoms with Gasteiger partial charge in [-0.2, -0.15) is 13.2 Å². The molecule has 2 rings (SSSR count). The van der Waals surface area contributed by atoms with Gasteiger partial charge in [-0.1, -0.05) is 12.1 Å². The van der Waals surface area contributed by atoms with Crippen LogP contribution in [0.2, 0.25) is 0 Å². The summed E-state index contributed by atoms with van der Waals surface area (Å²) in [4.78, 5) is 0. The van der Waals surface area contributed by atoms with Gasteiger partial charge in [0.15, 0.2) is 0 Å². The van der Waals surface area contributed by atoms with Gasteiger partial charge in [0.2, 0.25) is 0 Å². The van der Waals surface area contributed by atoms with E-state index in [0.717, 1.165) is 23.4 Å². The Morgan fingerprint density at radius 2 is 1.57 bits per heavy atom. The van der Waals surface area contributed by atoms with Gasteiger partial charge in [-0.3, -0.25) is 0 Å². The minimum Gasteiger partial charge on any atom is -0.494 e. The lowest BCUT2D eigenvalue weighted by atomic mass is 10.2. The molecule has 2 nitrogen and oxygen atoms in total. The predicted molar refractivity (Wildman–Crippen MR) is 76.4 cm³/mol. The standard InChI is InChI=1S/C16H16F3NO/c1-2-21-15-9-3-12(4-10-15)11-20-14-7-5-13(6-8-14)16(17,18)19/h3-10,20H,2,11H2,1H3. The molecular weight excluding hydrogens is 279 g/mol. The average Bonchev–Trinajstić information content (AvgIpc) is 2.46. The van der Waals surface area contributed by atoms with Crippen molar-refractivity contribution in [2.24, 2.45) is 0 Å². The first-order chi connectivity index (χ1) is 9.99. The van der Waals surface area contributed by atoms with Crippen LogP contribution in [-0.4, -0.2) is 6.61 Å². The first-order valence-electron chi connectivity index (χ1n) is 6.62. The zero-order valence-corrected chi connectivity index (χ0v) is 11.6. The van der Waals surface area contributed by atoms with E-state index in [9.17, 15) is 13.2 Å². The zero-order chi connectivity index (χ0) is 15.3. The normalized spacial score (nSPS) is 11.2. The maximum absolute atomic E-state index is 12.4. The summed E-state index contributed by atoms with van der Waals surface area (Å²) in [5, 5.41) is 3.08. The van der Waals surface area contributed by atoms with Crippen LogP contribution in [0.3, 0.4) is 0 Å². The molecule has 112 valence electrons. The molecule has 0 fully saturated rings. The second kappa shape index (κ2) is 6.52. The third-order valence-electron chi connectivity index (χ3n) is 2.94. The van der Waals surface area contributed by atoms with Crippen molar-refractivity contribution in [3.63, 3.8) is 0 Å². The molecule has 0 aliphatic heterocycles. The van der Waals surface area contributed by atoms with Crippen LogP contribution in [-0.2, 0) is 12.7 Å². The first kappa shape index (κ1) is 15.2. The Kier molecular flexibility index (Phi) is 4.73. The predicted octanol–water partition coefficient (Wildman–Crippen LogP) is 4.72. The number of rotatable bonds is 5. The molecule has 0 aliphatic rings. The molecule has 0 radical (unpaired) electrons. The van der Waals surface area contributed by atoms with E-state index in [1.165, 1.54) is 12.1 Å². The molecule has 0 heterocycles. The molecule has 1 N–H and O–H groups in total. The third kappa shape index (κ3) is 4.41. The Morgan fingerprint density at radius 3 is 2.10 bits per heavy atom. The molecule has 0 amide bonds. The molecule has 2 aromatic rings. The van der Waals surface area contributed by atoms with Crippen LogP contribution in [0.4, 0.5) is 18.9 Å². The molecule has 0 bridgehead atoms. The number of hydrogen-bond acceptors (Lipinski definition) is 2. The number of ether oxygens (including phenoxy) is 1. The lowest BCUT2D eigenvalue weighted by Crippen LogP contribution is -2.05. The lowest BCUT2D eigenvalue weighted by Gasteiger charge is -2.10. The smallest absolute Gasteiger partial charge is 0.416 e. The van der Waals surface area contributed by atoms with Crippen molar-refractivity contribution in [2.45, 2.75) is 19.6 Å². The molecule has 0 saturated carbocycles. The highest BCUT2D eigenvalue weighted by molar-refractivity contribution is 5.45. The quantitative estimate of drug-likeness (QED) is 0.862. The summed E-state index contributed by atoms with van der Waals surface area (Å²) >= 11 is 0. The Morgan fingerprint density at radius 1 is 0.952 bits per heavy atom. The second-order valence-electron chi connectivity index (χ2n) is 4.51. The summed E-state index contributed by atoms with van der Waals surface area (Å²) < 4.78 is 42.7. The highest BCUT2D eigenvalue weighted by Gasteiger charge is 2.29. The molecule has 0 unspecified atom stereocenters. The second-order valence-corrected chi connectivity index (χ2v) is 4.51. The number of alkyl halides is 3. The van der Waals surface area contributed by atoms with E-state index in [4.69, 9.17) is 4.74 Å². The fourth-order valence-electron chi connectivity index (χ4n) is 1.85. The molecule has 0 atom stereocenters. The Bertz CT molecular complexity index is 562. The van der Waals surface area contributed by atoms with Gasteiger partial charge in [-0.15, -0.1) is 0 Å². The van der Waals surface area contributed by atoms with Crippen LogP contribution >= 0.6 is 0 Å². The number of benzene rings is 2. The summed E-state index contributed by atoms with van der Waals surface area (Å²) in [6, 6.07) is 12.6. The molecule has 21 heavy (non-hydrogen) atoms. The van der Waals surface area contributed by atoms with Crippen LogP contribution in [0.15, 0.2) is 48.5 Å². The van der Waals surface area contributed by atoms with Gasteiger partial charge in [-0.25, -0.2) is 0 Å². The summed E-state index contributed by atoms with van der Waals surface area (Å²) in [5.74, 6) is 0.802. The fraction of sp³-hybridized carbons (Fsp3) is 0.250. The lowest BCUT2D eigenvalue weighted by molar-refractivity contribution is -0.137. The van der Waals surface area contributed by atoms with Crippen LogP contribution in [0.1, 0.15) is 18.1 Å². The fourth-order valence-corrected chi connectivity index (χ4v) is 1.85. The van der Waals surface area contributed by atoms with Crippen molar-refractivity contribution in [1.82, 2.24) is 0 Å². The van der Waals surface area contributed by atoms with Gasteiger partial charge in [0.05, 0.1) is 12.2 Å². The van der Waals surface area contributed by atoms with E-state index in [1.54, 1.807) is 0 Å². The van der Waals surface area contributed by atoms with Crippen molar-refractivity contribution in [3.05, 3.63) is 59.7 Å². The topological polar surface area (TPSA) is 21.3 Å². The SMILES string of the molecule is CCOc1ccc(CNc2ccc(C(F)(F)F)cc2)cc1. The Balaban J connectivity index is 1.93. The summed E-state index contributed by atoms with van der Waals surface area (Å²) in [5.41, 5.74) is 1.03. The monoisotopic (exact) mass is 295 g/mol. The molecular formula is C16H16F3NO. The maximum Gasteiger partial charge on any atom is 0.416 e. The molecule has 0 saturated heterocycles. The first-order valence-corrected chi connectivity index (χ1v) is 6.62. The Hall–Kier alpha value is -2.17. The summed E-state index contributed by atoms with van der Waals surface area (Å²) in [6.07, 6.45) is -4.30. The van der Waals surface area contributed by atoms with Crippen molar-refractivity contribution in [1.29, 1.82) is 0 Å². The van der Waals surface area contributed by atoms with E-state index in [0.29, 0.717) is 18.8 Å².